The molecule has 0 bridgehead atoms. The first-order valence-corrected chi connectivity index (χ1v) is 9.99. The summed E-state index contributed by atoms with van der Waals surface area (Å²) in [5.41, 5.74) is 1.40. The van der Waals surface area contributed by atoms with Gasteiger partial charge in [0.1, 0.15) is 0 Å². The van der Waals surface area contributed by atoms with Crippen molar-refractivity contribution < 1.29 is 9.59 Å². The van der Waals surface area contributed by atoms with Crippen molar-refractivity contribution in [1.82, 2.24) is 15.1 Å². The highest BCUT2D eigenvalue weighted by atomic mass is 32.1. The van der Waals surface area contributed by atoms with Gasteiger partial charge in [-0.2, -0.15) is 0 Å². The Kier molecular flexibility index (Phi) is 4.48. The molecule has 2 saturated heterocycles. The van der Waals surface area contributed by atoms with E-state index in [0.717, 1.165) is 50.2 Å². The van der Waals surface area contributed by atoms with Crippen LogP contribution in [0.4, 0.5) is 4.79 Å². The summed E-state index contributed by atoms with van der Waals surface area (Å²) in [6.45, 7) is 2.97. The Morgan fingerprint density at radius 1 is 1.17 bits per heavy atom. The number of carbonyl (C=O) groups is 2. The predicted molar refractivity (Wildman–Crippen MR) is 94.6 cm³/mol. The zero-order valence-electron chi connectivity index (χ0n) is 14.1. The Balaban J connectivity index is 1.47. The summed E-state index contributed by atoms with van der Waals surface area (Å²) < 4.78 is 0. The number of hydrogen-bond donors (Lipinski definition) is 1. The third-order valence-electron chi connectivity index (χ3n) is 5.47. The summed E-state index contributed by atoms with van der Waals surface area (Å²) >= 11 is 1.70. The molecule has 3 amide bonds. The maximum absolute atomic E-state index is 13.0. The van der Waals surface area contributed by atoms with E-state index >= 15 is 0 Å². The first-order valence-electron chi connectivity index (χ1n) is 9.18. The fraction of sp³-hybridized carbons (Fsp3) is 0.667. The van der Waals surface area contributed by atoms with Crippen LogP contribution >= 0.6 is 11.3 Å². The summed E-state index contributed by atoms with van der Waals surface area (Å²) in [6.07, 6.45) is 8.02. The van der Waals surface area contributed by atoms with Crippen LogP contribution in [-0.4, -0.2) is 54.0 Å². The lowest BCUT2D eigenvalue weighted by Crippen LogP contribution is -2.50. The van der Waals surface area contributed by atoms with Crippen LogP contribution in [0.5, 0.6) is 0 Å². The minimum atomic E-state index is 0.0251. The average molecular weight is 347 g/mol. The van der Waals surface area contributed by atoms with Gasteiger partial charge in [0.25, 0.3) is 5.91 Å². The Morgan fingerprint density at radius 2 is 2.04 bits per heavy atom. The van der Waals surface area contributed by atoms with Crippen molar-refractivity contribution in [2.24, 2.45) is 0 Å². The minimum Gasteiger partial charge on any atom is -0.336 e. The maximum Gasteiger partial charge on any atom is 0.317 e. The number of urea groups is 1. The Bertz CT molecular complexity index is 619. The third-order valence-corrected chi connectivity index (χ3v) is 6.70. The van der Waals surface area contributed by atoms with Crippen molar-refractivity contribution in [3.63, 3.8) is 0 Å². The molecule has 3 heterocycles. The molecule has 0 spiro atoms. The smallest absolute Gasteiger partial charge is 0.317 e. The van der Waals surface area contributed by atoms with E-state index in [4.69, 9.17) is 0 Å². The normalized spacial score (nSPS) is 24.5. The highest BCUT2D eigenvalue weighted by molar-refractivity contribution is 7.14. The second-order valence-corrected chi connectivity index (χ2v) is 8.23. The topological polar surface area (TPSA) is 52.7 Å². The summed E-state index contributed by atoms with van der Waals surface area (Å²) in [5, 5.41) is 2.87. The zero-order chi connectivity index (χ0) is 16.5. The van der Waals surface area contributed by atoms with Gasteiger partial charge in [-0.25, -0.2) is 4.79 Å². The van der Waals surface area contributed by atoms with E-state index in [0.29, 0.717) is 6.54 Å². The minimum absolute atomic E-state index is 0.0251. The molecule has 0 aromatic carbocycles. The molecule has 130 valence electrons. The quantitative estimate of drug-likeness (QED) is 0.836. The highest BCUT2D eigenvalue weighted by Crippen LogP contribution is 2.30. The van der Waals surface area contributed by atoms with Crippen molar-refractivity contribution in [3.05, 3.63) is 21.4 Å². The molecule has 3 aliphatic rings. The van der Waals surface area contributed by atoms with E-state index < -0.39 is 0 Å². The Morgan fingerprint density at radius 3 is 2.88 bits per heavy atom. The number of aryl methyl sites for hydroxylation is 2. The molecule has 5 nitrogen and oxygen atoms in total. The first-order chi connectivity index (χ1) is 11.7. The van der Waals surface area contributed by atoms with E-state index in [1.807, 2.05) is 9.80 Å². The average Bonchev–Trinajstić information content (AvgIpc) is 3.15. The van der Waals surface area contributed by atoms with Gasteiger partial charge in [0.05, 0.1) is 10.9 Å². The number of hydrogen-bond acceptors (Lipinski definition) is 3. The summed E-state index contributed by atoms with van der Waals surface area (Å²) in [5.74, 6) is 0.164. The second-order valence-electron chi connectivity index (χ2n) is 7.09. The molecule has 0 unspecified atom stereocenters. The van der Waals surface area contributed by atoms with Crippen molar-refractivity contribution >= 4 is 23.3 Å². The van der Waals surface area contributed by atoms with Gasteiger partial charge in [-0.1, -0.05) is 6.42 Å². The molecule has 1 atom stereocenters. The van der Waals surface area contributed by atoms with Gasteiger partial charge < -0.3 is 15.1 Å². The number of rotatable bonds is 2. The fourth-order valence-corrected chi connectivity index (χ4v) is 5.38. The lowest BCUT2D eigenvalue weighted by atomic mass is 10.0. The highest BCUT2D eigenvalue weighted by Gasteiger charge is 2.33. The molecule has 2 aliphatic heterocycles. The largest absolute Gasteiger partial charge is 0.336 e. The predicted octanol–water partition coefficient (Wildman–Crippen LogP) is 2.65. The maximum atomic E-state index is 13.0. The lowest BCUT2D eigenvalue weighted by molar-refractivity contribution is 0.0639. The van der Waals surface area contributed by atoms with Gasteiger partial charge >= 0.3 is 6.03 Å². The van der Waals surface area contributed by atoms with Crippen LogP contribution in [-0.2, 0) is 12.8 Å². The Labute approximate surface area is 147 Å². The SMILES string of the molecule is O=C(c1cc2c(s1)CCCCC2)N1CCC[C@@H](N2CCNC2=O)C1. The van der Waals surface area contributed by atoms with E-state index in [2.05, 4.69) is 11.4 Å². The standard InChI is InChI=1S/C18H25N3O2S/c22-17(16-11-13-5-2-1-3-7-15(13)24-16)20-9-4-6-14(12-20)21-10-8-19-18(21)23/h11,14H,1-10,12H2,(H,19,23)/t14-/m1/s1. The number of carbonyl (C=O) groups excluding carboxylic acids is 2. The van der Waals surface area contributed by atoms with Crippen molar-refractivity contribution in [1.29, 1.82) is 0 Å². The van der Waals surface area contributed by atoms with Crippen molar-refractivity contribution in [3.8, 4) is 0 Å². The van der Waals surface area contributed by atoms with Gasteiger partial charge in [-0.3, -0.25) is 4.79 Å². The van der Waals surface area contributed by atoms with Gasteiger partial charge in [-0.15, -0.1) is 11.3 Å². The lowest BCUT2D eigenvalue weighted by Gasteiger charge is -2.36. The number of nitrogens with zero attached hydrogens (tertiary/aromatic N) is 2. The van der Waals surface area contributed by atoms with E-state index in [9.17, 15) is 9.59 Å². The van der Waals surface area contributed by atoms with E-state index in [1.54, 1.807) is 11.3 Å². The number of fused-ring (bicyclic) bond motifs is 1. The van der Waals surface area contributed by atoms with Crippen molar-refractivity contribution in [2.75, 3.05) is 26.2 Å². The zero-order valence-corrected chi connectivity index (χ0v) is 14.9. The van der Waals surface area contributed by atoms with E-state index in [-0.39, 0.29) is 18.0 Å². The summed E-state index contributed by atoms with van der Waals surface area (Å²) in [4.78, 5) is 31.0. The van der Waals surface area contributed by atoms with Gasteiger partial charge in [0.2, 0.25) is 0 Å². The third kappa shape index (κ3) is 3.04. The van der Waals surface area contributed by atoms with Crippen LogP contribution in [0.1, 0.15) is 52.2 Å². The molecule has 2 fully saturated rings. The van der Waals surface area contributed by atoms with Crippen LogP contribution in [0.2, 0.25) is 0 Å². The molecule has 6 heteroatoms. The number of thiophene rings is 1. The summed E-state index contributed by atoms with van der Waals surface area (Å²) in [7, 11) is 0. The molecule has 0 radical (unpaired) electrons. The molecule has 1 N–H and O–H groups in total. The second kappa shape index (κ2) is 6.75. The molecule has 1 aliphatic carbocycles. The molecular weight excluding hydrogens is 322 g/mol. The molecule has 0 saturated carbocycles. The summed E-state index contributed by atoms with van der Waals surface area (Å²) in [6, 6.07) is 2.33. The molecule has 1 aromatic heterocycles. The monoisotopic (exact) mass is 347 g/mol. The van der Waals surface area contributed by atoms with Crippen LogP contribution < -0.4 is 5.32 Å². The molecule has 1 aromatic rings. The van der Waals surface area contributed by atoms with Crippen LogP contribution in [0.25, 0.3) is 0 Å². The molecular formula is C18H25N3O2S. The number of piperidine rings is 1. The van der Waals surface area contributed by atoms with Crippen LogP contribution in [0, 0.1) is 0 Å². The number of amides is 3. The van der Waals surface area contributed by atoms with Gasteiger partial charge in [0.15, 0.2) is 0 Å². The molecule has 24 heavy (non-hydrogen) atoms. The number of nitrogens with one attached hydrogen (secondary N) is 1. The number of likely N-dealkylation sites (tertiary alicyclic amines) is 1. The molecule has 4 rings (SSSR count). The van der Waals surface area contributed by atoms with Gasteiger partial charge in [-0.05, 0) is 50.2 Å². The van der Waals surface area contributed by atoms with Crippen LogP contribution in [0.3, 0.4) is 0 Å². The van der Waals surface area contributed by atoms with E-state index in [1.165, 1.54) is 29.7 Å². The van der Waals surface area contributed by atoms with Crippen molar-refractivity contribution in [2.45, 2.75) is 51.0 Å². The van der Waals surface area contributed by atoms with Gasteiger partial charge in [0, 0.05) is 31.1 Å². The first kappa shape index (κ1) is 15.9. The fourth-order valence-electron chi connectivity index (χ4n) is 4.16. The Hall–Kier alpha value is -1.56. The van der Waals surface area contributed by atoms with Crippen LogP contribution in [0.15, 0.2) is 6.07 Å².